The summed E-state index contributed by atoms with van der Waals surface area (Å²) in [5.41, 5.74) is 4.93. The van der Waals surface area contributed by atoms with Gasteiger partial charge in [0, 0.05) is 30.7 Å². The molecular formula is C35H60N7O17P3S. The largest absolute Gasteiger partial charge is 0.481 e. The Hall–Kier alpha value is -2.70. The van der Waals surface area contributed by atoms with Crippen molar-refractivity contribution in [3.8, 4) is 0 Å². The molecule has 3 rings (SSSR count). The van der Waals surface area contributed by atoms with Crippen LogP contribution in [0.2, 0.25) is 0 Å². The molecule has 8 unspecified atom stereocenters. The minimum Gasteiger partial charge on any atom is -0.386 e. The molecule has 1 fully saturated rings. The number of carbonyl (C=O) groups excluding carboxylic acids is 3. The Kier molecular flexibility index (Phi) is 21.0. The lowest BCUT2D eigenvalue weighted by molar-refractivity contribution is -0.137. The average molecular weight is 976 g/mol. The molecule has 2 aromatic rings. The summed E-state index contributed by atoms with van der Waals surface area (Å²) < 4.78 is 62.4. The molecule has 0 bridgehead atoms. The SMILES string of the molecule is CC(=CCCC(C)CCCC(C)C)C(=O)SCCNC(=O)CCNC(=O)C(O)C(C)(C)COP(=O)(O)OP(=O)(O)OCC1OC(n2cnc3c(N)ncnc32)C(O)C1OP(=O)(O)O. The number of nitrogen functional groups attached to an aromatic ring is 1. The fourth-order valence-corrected chi connectivity index (χ4v) is 9.60. The van der Waals surface area contributed by atoms with Gasteiger partial charge in [-0.1, -0.05) is 71.7 Å². The van der Waals surface area contributed by atoms with Gasteiger partial charge >= 0.3 is 23.5 Å². The lowest BCUT2D eigenvalue weighted by atomic mass is 9.87. The molecule has 1 aliphatic heterocycles. The van der Waals surface area contributed by atoms with Crippen LogP contribution in [0, 0.1) is 17.3 Å². The molecule has 24 nitrogen and oxygen atoms in total. The van der Waals surface area contributed by atoms with Crippen molar-refractivity contribution in [2.24, 2.45) is 17.3 Å². The molecule has 8 atom stereocenters. The van der Waals surface area contributed by atoms with E-state index in [-0.39, 0.29) is 41.6 Å². The number of rotatable bonds is 27. The number of fused-ring (bicyclic) bond motifs is 1. The van der Waals surface area contributed by atoms with Gasteiger partial charge < -0.3 is 50.9 Å². The Morgan fingerprint density at radius 1 is 1.02 bits per heavy atom. The van der Waals surface area contributed by atoms with Gasteiger partial charge in [-0.05, 0) is 37.2 Å². The van der Waals surface area contributed by atoms with Gasteiger partial charge in [0.15, 0.2) is 17.7 Å². The zero-order chi connectivity index (χ0) is 47.3. The van der Waals surface area contributed by atoms with E-state index in [9.17, 15) is 57.9 Å². The number of aromatic nitrogens is 4. The number of phosphoric acid groups is 3. The summed E-state index contributed by atoms with van der Waals surface area (Å²) in [6.45, 7) is 8.92. The van der Waals surface area contributed by atoms with Crippen LogP contribution in [0.25, 0.3) is 11.2 Å². The van der Waals surface area contributed by atoms with Crippen LogP contribution in [-0.2, 0) is 50.7 Å². The number of nitrogens with zero attached hydrogens (tertiary/aromatic N) is 4. The van der Waals surface area contributed by atoms with Crippen molar-refractivity contribution in [1.29, 1.82) is 0 Å². The maximum absolute atomic E-state index is 12.7. The van der Waals surface area contributed by atoms with Crippen LogP contribution in [0.4, 0.5) is 5.82 Å². The highest BCUT2D eigenvalue weighted by atomic mass is 32.2. The number of anilines is 1. The topological polar surface area (TPSA) is 364 Å². The number of thioether (sulfide) groups is 1. The summed E-state index contributed by atoms with van der Waals surface area (Å²) in [7, 11) is -16.4. The molecule has 0 radical (unpaired) electrons. The van der Waals surface area contributed by atoms with Crippen LogP contribution in [0.5, 0.6) is 0 Å². The van der Waals surface area contributed by atoms with Crippen molar-refractivity contribution in [2.75, 3.05) is 37.8 Å². The molecule has 10 N–H and O–H groups in total. The van der Waals surface area contributed by atoms with Crippen molar-refractivity contribution in [3.63, 3.8) is 0 Å². The van der Waals surface area contributed by atoms with Crippen LogP contribution >= 0.6 is 35.2 Å². The zero-order valence-corrected chi connectivity index (χ0v) is 39.3. The number of hydrogen-bond donors (Lipinski definition) is 9. The number of ether oxygens (including phenoxy) is 1. The van der Waals surface area contributed by atoms with Crippen LogP contribution < -0.4 is 16.4 Å². The third-order valence-corrected chi connectivity index (χ3v) is 13.7. The summed E-state index contributed by atoms with van der Waals surface area (Å²) in [5.74, 6) is 0.166. The lowest BCUT2D eigenvalue weighted by Gasteiger charge is -2.30. The number of allylic oxidation sites excluding steroid dienone is 1. The normalized spacial score (nSPS) is 21.5. The van der Waals surface area contributed by atoms with Gasteiger partial charge in [-0.2, -0.15) is 4.31 Å². The molecule has 0 saturated carbocycles. The highest BCUT2D eigenvalue weighted by molar-refractivity contribution is 8.14. The number of imidazole rings is 1. The first-order chi connectivity index (χ1) is 29.2. The molecule has 0 aromatic carbocycles. The Bertz CT molecular complexity index is 2040. The number of nitrogens with two attached hydrogens (primary N) is 1. The Morgan fingerprint density at radius 3 is 2.37 bits per heavy atom. The summed E-state index contributed by atoms with van der Waals surface area (Å²) in [6.07, 6.45) is 0.427. The molecule has 0 aliphatic carbocycles. The van der Waals surface area contributed by atoms with Gasteiger partial charge in [0.05, 0.1) is 19.5 Å². The Labute approximate surface area is 368 Å². The summed E-state index contributed by atoms with van der Waals surface area (Å²) in [5, 5.41) is 26.5. The number of amides is 2. The third-order valence-electron chi connectivity index (χ3n) is 9.65. The fourth-order valence-electron chi connectivity index (χ4n) is 6.07. The molecule has 2 amide bonds. The molecular weight excluding hydrogens is 915 g/mol. The monoisotopic (exact) mass is 975 g/mol. The predicted molar refractivity (Wildman–Crippen MR) is 228 cm³/mol. The highest BCUT2D eigenvalue weighted by Gasteiger charge is 2.50. The van der Waals surface area contributed by atoms with Gasteiger partial charge in [0.2, 0.25) is 16.9 Å². The summed E-state index contributed by atoms with van der Waals surface area (Å²) in [4.78, 5) is 88.5. The zero-order valence-electron chi connectivity index (χ0n) is 35.8. The first-order valence-electron chi connectivity index (χ1n) is 19.9. The third kappa shape index (κ3) is 18.2. The fraction of sp³-hybridized carbons (Fsp3) is 0.714. The van der Waals surface area contributed by atoms with Crippen molar-refractivity contribution >= 4 is 69.1 Å². The first kappa shape index (κ1) is 54.6. The second kappa shape index (κ2) is 24.2. The van der Waals surface area contributed by atoms with Gasteiger partial charge in [-0.15, -0.1) is 0 Å². The van der Waals surface area contributed by atoms with Gasteiger partial charge in [0.25, 0.3) is 0 Å². The molecule has 358 valence electrons. The van der Waals surface area contributed by atoms with E-state index in [1.165, 1.54) is 26.7 Å². The van der Waals surface area contributed by atoms with Crippen LogP contribution in [0.3, 0.4) is 0 Å². The smallest absolute Gasteiger partial charge is 0.386 e. The predicted octanol–water partition coefficient (Wildman–Crippen LogP) is 2.85. The van der Waals surface area contributed by atoms with Crippen LogP contribution in [0.1, 0.15) is 86.3 Å². The van der Waals surface area contributed by atoms with E-state index < -0.39 is 84.6 Å². The van der Waals surface area contributed by atoms with E-state index in [0.717, 1.165) is 48.2 Å². The highest BCUT2D eigenvalue weighted by Crippen LogP contribution is 2.61. The average Bonchev–Trinajstić information content (AvgIpc) is 3.74. The minimum absolute atomic E-state index is 0.0312. The van der Waals surface area contributed by atoms with Crippen molar-refractivity contribution in [3.05, 3.63) is 24.3 Å². The van der Waals surface area contributed by atoms with Gasteiger partial charge in [-0.25, -0.2) is 28.6 Å². The molecule has 2 aromatic heterocycles. The van der Waals surface area contributed by atoms with E-state index in [0.29, 0.717) is 23.2 Å². The lowest BCUT2D eigenvalue weighted by Crippen LogP contribution is -2.46. The summed E-state index contributed by atoms with van der Waals surface area (Å²) >= 11 is 1.09. The van der Waals surface area contributed by atoms with Crippen LogP contribution in [0.15, 0.2) is 24.3 Å². The number of nitrogens with one attached hydrogen (secondary N) is 2. The molecule has 28 heteroatoms. The van der Waals surface area contributed by atoms with Crippen molar-refractivity contribution < 1.29 is 80.5 Å². The van der Waals surface area contributed by atoms with E-state index in [1.807, 2.05) is 6.08 Å². The Balaban J connectivity index is 1.41. The maximum Gasteiger partial charge on any atom is 0.481 e. The standard InChI is InChI=1S/C35H60N7O17P3S/c1-21(2)9-7-10-22(3)11-8-12-23(4)34(47)63-16-15-37-25(43)13-14-38-32(46)29(45)35(5,6)18-56-62(53,54)59-61(51,52)55-17-24-28(58-60(48,49)50)27(44)33(57-24)42-20-41-26-30(36)39-19-40-31(26)42/h12,19-22,24,27-29,33,44-45H,7-11,13-18H2,1-6H3,(H,37,43)(H,38,46)(H,51,52)(H,53,54)(H2,36,39,40)(H2,48,49,50). The van der Waals surface area contributed by atoms with E-state index in [2.05, 4.69) is 55.2 Å². The van der Waals surface area contributed by atoms with Gasteiger partial charge in [-0.3, -0.25) is 32.5 Å². The van der Waals surface area contributed by atoms with Crippen LogP contribution in [-0.4, -0.2) is 123 Å². The minimum atomic E-state index is -5.58. The quantitative estimate of drug-likeness (QED) is 0.0353. The molecule has 1 saturated heterocycles. The maximum atomic E-state index is 12.7. The number of aliphatic hydroxyl groups excluding tert-OH is 2. The number of aliphatic hydroxyl groups is 2. The molecule has 3 heterocycles. The molecule has 1 aliphatic rings. The number of phosphoric ester groups is 3. The second-order valence-electron chi connectivity index (χ2n) is 16.1. The van der Waals surface area contributed by atoms with E-state index in [1.54, 1.807) is 6.92 Å². The van der Waals surface area contributed by atoms with E-state index in [4.69, 9.17) is 19.5 Å². The first-order valence-corrected chi connectivity index (χ1v) is 25.5. The Morgan fingerprint density at radius 2 is 1.70 bits per heavy atom. The van der Waals surface area contributed by atoms with Crippen molar-refractivity contribution in [2.45, 2.75) is 111 Å². The van der Waals surface area contributed by atoms with Gasteiger partial charge in [0.1, 0.15) is 36.3 Å². The summed E-state index contributed by atoms with van der Waals surface area (Å²) in [6, 6.07) is 0. The van der Waals surface area contributed by atoms with Crippen molar-refractivity contribution in [1.82, 2.24) is 30.2 Å². The number of hydrogen-bond acceptors (Lipinski definition) is 18. The van der Waals surface area contributed by atoms with E-state index >= 15 is 0 Å². The number of carbonyl (C=O) groups is 3. The molecule has 0 spiro atoms. The molecule has 63 heavy (non-hydrogen) atoms. The second-order valence-corrected chi connectivity index (χ2v) is 21.4.